The number of aryl methyl sites for hydroxylation is 2. The lowest BCUT2D eigenvalue weighted by atomic mass is 9.84. The van der Waals surface area contributed by atoms with Crippen LogP contribution in [0.1, 0.15) is 132 Å². The van der Waals surface area contributed by atoms with Gasteiger partial charge in [0.05, 0.1) is 10.6 Å². The molecule has 1 unspecified atom stereocenters. The fraction of sp³-hybridized carbons (Fsp3) is 0.538. The lowest BCUT2D eigenvalue weighted by Gasteiger charge is -2.22. The van der Waals surface area contributed by atoms with Gasteiger partial charge in [0, 0.05) is 11.8 Å². The molecule has 3 nitrogen and oxygen atoms in total. The first-order chi connectivity index (χ1) is 20.5. The first kappa shape index (κ1) is 38.5. The number of aromatic nitrogens is 1. The number of allylic oxidation sites excluding steroid dienone is 2. The number of Topliss-reactive ketones (excluding diaryl/α,β-unsaturated/α-hetero) is 1. The maximum absolute atomic E-state index is 11.4. The zero-order chi connectivity index (χ0) is 32.4. The van der Waals surface area contributed by atoms with Crippen LogP contribution in [0.4, 0.5) is 0 Å². The molecule has 2 N–H and O–H groups in total. The SMILES string of the molecule is CC(=O)c1scc(C(C)CC=C(C)C)c1C.CC1CCC(C)CC1.CCN.CCc1ccc(-c2ccccn2)cc1CC. The molecule has 43 heavy (non-hydrogen) atoms. The van der Waals surface area contributed by atoms with Crippen molar-refractivity contribution in [3.8, 4) is 11.3 Å². The summed E-state index contributed by atoms with van der Waals surface area (Å²) in [4.78, 5) is 16.7. The third kappa shape index (κ3) is 14.2. The average Bonchev–Trinajstić information content (AvgIpc) is 3.40. The van der Waals surface area contributed by atoms with Gasteiger partial charge >= 0.3 is 0 Å². The molecule has 4 rings (SSSR count). The summed E-state index contributed by atoms with van der Waals surface area (Å²) in [5.74, 6) is 2.72. The van der Waals surface area contributed by atoms with E-state index in [0.717, 1.165) is 48.2 Å². The van der Waals surface area contributed by atoms with Crippen LogP contribution < -0.4 is 5.73 Å². The van der Waals surface area contributed by atoms with Crippen molar-refractivity contribution < 1.29 is 4.79 Å². The number of hydrogen-bond acceptors (Lipinski definition) is 4. The number of nitrogens with zero attached hydrogens (tertiary/aromatic N) is 1. The number of benzene rings is 1. The lowest BCUT2D eigenvalue weighted by Crippen LogP contribution is -2.08. The molecular formula is C39H60N2OS. The van der Waals surface area contributed by atoms with Gasteiger partial charge in [0.15, 0.2) is 5.78 Å². The standard InChI is InChI=1S/C15H17N.C14H20OS.C8H16.C2H7N/c1-3-12-8-9-14(11-13(12)4-2)15-7-5-6-10-16-15;1-9(2)6-7-10(3)13-8-16-14(11(13)4)12(5)15;1-7-3-5-8(2)6-4-7;1-2-3/h5-11H,3-4H2,1-2H3;6,8,10H,7H2,1-5H3;7-8H,3-6H2,1-2H3;2-3H2,1H3. The van der Waals surface area contributed by atoms with Gasteiger partial charge in [-0.2, -0.15) is 0 Å². The maximum atomic E-state index is 11.4. The van der Waals surface area contributed by atoms with Crippen LogP contribution in [0, 0.1) is 18.8 Å². The smallest absolute Gasteiger partial charge is 0.169 e. The summed E-state index contributed by atoms with van der Waals surface area (Å²) in [5.41, 5.74) is 13.9. The summed E-state index contributed by atoms with van der Waals surface area (Å²) >= 11 is 1.58. The molecule has 0 spiro atoms. The van der Waals surface area contributed by atoms with Gasteiger partial charge in [0.25, 0.3) is 0 Å². The molecule has 238 valence electrons. The van der Waals surface area contributed by atoms with Crippen LogP contribution in [0.2, 0.25) is 0 Å². The monoisotopic (exact) mass is 604 g/mol. The van der Waals surface area contributed by atoms with E-state index < -0.39 is 0 Å². The molecule has 4 heteroatoms. The number of pyridine rings is 1. The Morgan fingerprint density at radius 3 is 2.00 bits per heavy atom. The maximum Gasteiger partial charge on any atom is 0.169 e. The van der Waals surface area contributed by atoms with Crippen LogP contribution in [0.15, 0.2) is 59.6 Å². The third-order valence-corrected chi connectivity index (χ3v) is 9.24. The number of ketones is 1. The van der Waals surface area contributed by atoms with E-state index in [4.69, 9.17) is 5.73 Å². The molecule has 2 heterocycles. The molecule has 2 aromatic heterocycles. The summed E-state index contributed by atoms with van der Waals surface area (Å²) in [6.07, 6.45) is 13.2. The number of thiophene rings is 1. The summed E-state index contributed by atoms with van der Waals surface area (Å²) in [6.45, 7) is 22.0. The van der Waals surface area contributed by atoms with Gasteiger partial charge < -0.3 is 5.73 Å². The highest BCUT2D eigenvalue weighted by Crippen LogP contribution is 2.31. The fourth-order valence-electron chi connectivity index (χ4n) is 5.22. The number of carbonyl (C=O) groups is 1. The van der Waals surface area contributed by atoms with E-state index in [1.54, 1.807) is 18.3 Å². The van der Waals surface area contributed by atoms with Crippen molar-refractivity contribution in [3.63, 3.8) is 0 Å². The molecular weight excluding hydrogens is 545 g/mol. The highest BCUT2D eigenvalue weighted by Gasteiger charge is 2.15. The van der Waals surface area contributed by atoms with Crippen molar-refractivity contribution >= 4 is 17.1 Å². The van der Waals surface area contributed by atoms with Crippen molar-refractivity contribution in [2.75, 3.05) is 6.54 Å². The molecule has 1 atom stereocenters. The van der Waals surface area contributed by atoms with E-state index in [9.17, 15) is 4.79 Å². The molecule has 0 amide bonds. The predicted molar refractivity (Wildman–Crippen MR) is 191 cm³/mol. The van der Waals surface area contributed by atoms with Gasteiger partial charge in [-0.15, -0.1) is 11.3 Å². The minimum Gasteiger partial charge on any atom is -0.331 e. The van der Waals surface area contributed by atoms with Crippen LogP contribution in [0.5, 0.6) is 0 Å². The zero-order valence-electron chi connectivity index (χ0n) is 28.9. The second kappa shape index (κ2) is 21.2. The molecule has 1 saturated carbocycles. The van der Waals surface area contributed by atoms with Gasteiger partial charge in [0.1, 0.15) is 0 Å². The van der Waals surface area contributed by atoms with Gasteiger partial charge in [-0.05, 0) is 117 Å². The molecule has 1 aliphatic rings. The van der Waals surface area contributed by atoms with E-state index in [1.807, 2.05) is 25.3 Å². The van der Waals surface area contributed by atoms with Crippen molar-refractivity contribution in [2.24, 2.45) is 17.6 Å². The van der Waals surface area contributed by atoms with E-state index >= 15 is 0 Å². The molecule has 1 aliphatic carbocycles. The molecule has 1 aromatic carbocycles. The van der Waals surface area contributed by atoms with Crippen molar-refractivity contribution in [2.45, 2.75) is 120 Å². The Kier molecular flexibility index (Phi) is 19.0. The van der Waals surface area contributed by atoms with E-state index in [2.05, 4.69) is 96.1 Å². The first-order valence-corrected chi connectivity index (χ1v) is 17.3. The molecule has 0 saturated heterocycles. The normalized spacial score (nSPS) is 16.3. The fourth-order valence-corrected chi connectivity index (χ4v) is 6.34. The summed E-state index contributed by atoms with van der Waals surface area (Å²) in [7, 11) is 0. The van der Waals surface area contributed by atoms with Crippen molar-refractivity contribution in [3.05, 3.63) is 86.8 Å². The van der Waals surface area contributed by atoms with Crippen LogP contribution >= 0.6 is 11.3 Å². The molecule has 0 bridgehead atoms. The highest BCUT2D eigenvalue weighted by atomic mass is 32.1. The van der Waals surface area contributed by atoms with E-state index in [1.165, 1.54) is 59.1 Å². The molecule has 0 aliphatic heterocycles. The number of hydrogen-bond donors (Lipinski definition) is 1. The van der Waals surface area contributed by atoms with Gasteiger partial charge in [-0.1, -0.05) is 97.1 Å². The number of rotatable bonds is 7. The molecule has 0 radical (unpaired) electrons. The third-order valence-electron chi connectivity index (χ3n) is 8.04. The van der Waals surface area contributed by atoms with E-state index in [-0.39, 0.29) is 5.78 Å². The minimum atomic E-state index is 0.183. The Bertz CT molecular complexity index is 1210. The summed E-state index contributed by atoms with van der Waals surface area (Å²) in [6, 6.07) is 12.7. The minimum absolute atomic E-state index is 0.183. The molecule has 3 aromatic rings. The Labute approximate surface area is 268 Å². The summed E-state index contributed by atoms with van der Waals surface area (Å²) in [5, 5.41) is 2.13. The van der Waals surface area contributed by atoms with Gasteiger partial charge in [-0.25, -0.2) is 0 Å². The number of carbonyl (C=O) groups excluding carboxylic acids is 1. The van der Waals surface area contributed by atoms with Crippen molar-refractivity contribution in [1.82, 2.24) is 4.98 Å². The quantitative estimate of drug-likeness (QED) is 0.215. The Hall–Kier alpha value is -2.56. The largest absolute Gasteiger partial charge is 0.331 e. The van der Waals surface area contributed by atoms with Crippen LogP contribution in [0.3, 0.4) is 0 Å². The lowest BCUT2D eigenvalue weighted by molar-refractivity contribution is 0.102. The Morgan fingerprint density at radius 2 is 1.56 bits per heavy atom. The highest BCUT2D eigenvalue weighted by molar-refractivity contribution is 7.12. The van der Waals surface area contributed by atoms with Crippen LogP contribution in [-0.2, 0) is 12.8 Å². The van der Waals surface area contributed by atoms with Gasteiger partial charge in [0.2, 0.25) is 0 Å². The van der Waals surface area contributed by atoms with Crippen molar-refractivity contribution in [1.29, 1.82) is 0 Å². The second-order valence-corrected chi connectivity index (χ2v) is 13.2. The number of nitrogens with two attached hydrogens (primary N) is 1. The van der Waals surface area contributed by atoms with Crippen LogP contribution in [0.25, 0.3) is 11.3 Å². The zero-order valence-corrected chi connectivity index (χ0v) is 29.7. The first-order valence-electron chi connectivity index (χ1n) is 16.4. The Morgan fingerprint density at radius 1 is 0.977 bits per heavy atom. The summed E-state index contributed by atoms with van der Waals surface area (Å²) < 4.78 is 0. The topological polar surface area (TPSA) is 56.0 Å². The molecule has 1 fully saturated rings. The van der Waals surface area contributed by atoms with Crippen LogP contribution in [-0.4, -0.2) is 17.3 Å². The van der Waals surface area contributed by atoms with E-state index in [0.29, 0.717) is 5.92 Å². The Balaban J connectivity index is 0.000000323. The van der Waals surface area contributed by atoms with Gasteiger partial charge in [-0.3, -0.25) is 9.78 Å². The second-order valence-electron chi connectivity index (χ2n) is 12.3. The average molecular weight is 605 g/mol. The predicted octanol–water partition coefficient (Wildman–Crippen LogP) is 11.4.